The van der Waals surface area contributed by atoms with Gasteiger partial charge in [-0.05, 0) is 37.1 Å². The van der Waals surface area contributed by atoms with Crippen molar-refractivity contribution in [3.05, 3.63) is 48.7 Å². The summed E-state index contributed by atoms with van der Waals surface area (Å²) < 4.78 is 7.33. The zero-order valence-electron chi connectivity index (χ0n) is 19.9. The molecule has 1 aliphatic heterocycles. The maximum absolute atomic E-state index is 12.5. The fourth-order valence-electron chi connectivity index (χ4n) is 4.33. The van der Waals surface area contributed by atoms with Crippen LogP contribution in [-0.4, -0.2) is 62.8 Å². The molecule has 2 aliphatic rings. The number of imidazole rings is 1. The highest BCUT2D eigenvalue weighted by molar-refractivity contribution is 5.99. The van der Waals surface area contributed by atoms with E-state index >= 15 is 0 Å². The number of hydrogen-bond donors (Lipinski definition) is 3. The molecule has 0 atom stereocenters. The van der Waals surface area contributed by atoms with Gasteiger partial charge in [0.2, 0.25) is 0 Å². The Morgan fingerprint density at radius 2 is 1.86 bits per heavy atom. The van der Waals surface area contributed by atoms with Gasteiger partial charge in [0.1, 0.15) is 11.2 Å². The van der Waals surface area contributed by atoms with Crippen molar-refractivity contribution >= 4 is 40.0 Å². The molecule has 4 aromatic rings. The second-order valence-corrected chi connectivity index (χ2v) is 9.08. The Kier molecular flexibility index (Phi) is 5.61. The number of hydrogen-bond acceptors (Lipinski definition) is 9. The Hall–Kier alpha value is -4.25. The Morgan fingerprint density at radius 1 is 1.08 bits per heavy atom. The lowest BCUT2D eigenvalue weighted by molar-refractivity contribution is 0.0996. The van der Waals surface area contributed by atoms with Gasteiger partial charge in [0, 0.05) is 43.8 Å². The van der Waals surface area contributed by atoms with Crippen molar-refractivity contribution in [1.29, 1.82) is 0 Å². The van der Waals surface area contributed by atoms with E-state index in [1.165, 1.54) is 0 Å². The minimum Gasteiger partial charge on any atom is -0.378 e. The molecule has 4 heterocycles. The van der Waals surface area contributed by atoms with E-state index in [4.69, 9.17) is 20.4 Å². The van der Waals surface area contributed by atoms with Gasteiger partial charge in [-0.2, -0.15) is 0 Å². The van der Waals surface area contributed by atoms with E-state index in [0.717, 1.165) is 61.6 Å². The minimum absolute atomic E-state index is 0.0523. The second kappa shape index (κ2) is 9.08. The molecule has 0 bridgehead atoms. The average molecular weight is 486 g/mol. The lowest BCUT2D eigenvalue weighted by Gasteiger charge is -2.29. The highest BCUT2D eigenvalue weighted by Gasteiger charge is 2.27. The molecule has 184 valence electrons. The molecule has 1 saturated heterocycles. The van der Waals surface area contributed by atoms with Crippen molar-refractivity contribution < 1.29 is 9.53 Å². The predicted molar refractivity (Wildman–Crippen MR) is 137 cm³/mol. The third-order valence-electron chi connectivity index (χ3n) is 6.45. The van der Waals surface area contributed by atoms with E-state index in [0.29, 0.717) is 28.9 Å². The van der Waals surface area contributed by atoms with Crippen LogP contribution in [0.15, 0.2) is 43.0 Å². The van der Waals surface area contributed by atoms with Crippen LogP contribution in [0.2, 0.25) is 0 Å². The first-order chi connectivity index (χ1) is 17.6. The summed E-state index contributed by atoms with van der Waals surface area (Å²) in [6.07, 6.45) is 7.27. The minimum atomic E-state index is -0.671. The number of nitrogens with one attached hydrogen (secondary N) is 2. The number of benzene rings is 1. The number of aryl methyl sites for hydroxylation is 1. The molecule has 2 fully saturated rings. The number of primary amides is 1. The lowest BCUT2D eigenvalue weighted by Crippen LogP contribution is -2.36. The van der Waals surface area contributed by atoms with E-state index in [9.17, 15) is 4.79 Å². The van der Waals surface area contributed by atoms with Crippen LogP contribution in [0.25, 0.3) is 22.3 Å². The summed E-state index contributed by atoms with van der Waals surface area (Å²) in [5.74, 6) is 0.194. The second-order valence-electron chi connectivity index (χ2n) is 9.08. The third-order valence-corrected chi connectivity index (χ3v) is 6.45. The molecule has 1 saturated carbocycles. The average Bonchev–Trinajstić information content (AvgIpc) is 3.64. The van der Waals surface area contributed by atoms with Crippen molar-refractivity contribution in [2.45, 2.75) is 18.9 Å². The maximum Gasteiger partial charge on any atom is 0.271 e. The number of morpholine rings is 1. The van der Waals surface area contributed by atoms with E-state index in [1.807, 2.05) is 35.9 Å². The van der Waals surface area contributed by atoms with Crippen molar-refractivity contribution in [3.63, 3.8) is 0 Å². The number of fused-ring (bicyclic) bond motifs is 1. The molecule has 1 aromatic carbocycles. The van der Waals surface area contributed by atoms with Gasteiger partial charge in [-0.1, -0.05) is 0 Å². The maximum atomic E-state index is 12.5. The van der Waals surface area contributed by atoms with Gasteiger partial charge >= 0.3 is 0 Å². The first-order valence-corrected chi connectivity index (χ1v) is 12.0. The third kappa shape index (κ3) is 4.29. The Balaban J connectivity index is 1.38. The Labute approximate surface area is 207 Å². The smallest absolute Gasteiger partial charge is 0.271 e. The molecule has 1 amide bonds. The molecule has 1 aliphatic carbocycles. The first kappa shape index (κ1) is 22.2. The highest BCUT2D eigenvalue weighted by atomic mass is 16.5. The van der Waals surface area contributed by atoms with Gasteiger partial charge < -0.3 is 30.6 Å². The fourth-order valence-corrected chi connectivity index (χ4v) is 4.33. The summed E-state index contributed by atoms with van der Waals surface area (Å²) in [6, 6.07) is 8.30. The number of carbonyl (C=O) groups excluding carboxylic acids is 1. The molecule has 6 rings (SSSR count). The van der Waals surface area contributed by atoms with Crippen LogP contribution in [0.4, 0.5) is 23.0 Å². The molecule has 0 spiro atoms. The molecule has 4 N–H and O–H groups in total. The predicted octanol–water partition coefficient (Wildman–Crippen LogP) is 2.68. The number of nitrogens with two attached hydrogens (primary N) is 1. The number of rotatable bonds is 7. The van der Waals surface area contributed by atoms with Gasteiger partial charge in [-0.25, -0.2) is 15.0 Å². The topological polar surface area (TPSA) is 136 Å². The van der Waals surface area contributed by atoms with Crippen molar-refractivity contribution in [2.24, 2.45) is 12.8 Å². The highest BCUT2D eigenvalue weighted by Crippen LogP contribution is 2.35. The number of anilines is 4. The molecule has 0 unspecified atom stereocenters. The summed E-state index contributed by atoms with van der Waals surface area (Å²) in [5, 5.41) is 6.70. The molecular weight excluding hydrogens is 458 g/mol. The summed E-state index contributed by atoms with van der Waals surface area (Å²) in [6.45, 7) is 3.17. The van der Waals surface area contributed by atoms with Gasteiger partial charge in [0.05, 0.1) is 36.8 Å². The van der Waals surface area contributed by atoms with E-state index in [2.05, 4.69) is 25.5 Å². The summed E-state index contributed by atoms with van der Waals surface area (Å²) in [5.41, 5.74) is 10.5. The van der Waals surface area contributed by atoms with E-state index in [1.54, 1.807) is 18.7 Å². The number of pyridine rings is 1. The summed E-state index contributed by atoms with van der Waals surface area (Å²) >= 11 is 0. The summed E-state index contributed by atoms with van der Waals surface area (Å²) in [7, 11) is 1.90. The number of ether oxygens (including phenoxy) is 1. The van der Waals surface area contributed by atoms with Crippen LogP contribution in [-0.2, 0) is 11.8 Å². The van der Waals surface area contributed by atoms with Gasteiger partial charge in [0.25, 0.3) is 5.91 Å². The Bertz CT molecular complexity index is 1420. The SMILES string of the molecule is Cn1cnc2c(-c3nc(C(N)=O)c(Nc4ccc(N5CCOCC5)cc4)nc3NC3CC3)cncc21. The van der Waals surface area contributed by atoms with Crippen LogP contribution >= 0.6 is 0 Å². The van der Waals surface area contributed by atoms with Crippen LogP contribution in [0.5, 0.6) is 0 Å². The molecular formula is C25H27N9O2. The first-order valence-electron chi connectivity index (χ1n) is 12.0. The molecule has 11 nitrogen and oxygen atoms in total. The largest absolute Gasteiger partial charge is 0.378 e. The number of amides is 1. The van der Waals surface area contributed by atoms with Gasteiger partial charge in [-0.15, -0.1) is 0 Å². The standard InChI is InChI=1S/C25H27N9O2/c1-33-14-28-20-18(12-27-13-19(20)33)21-24(29-15-2-3-15)32-25(22(31-21)23(26)35)30-16-4-6-17(7-5-16)34-8-10-36-11-9-34/h4-7,12-15H,2-3,8-11H2,1H3,(H2,26,35)(H2,29,30,32). The van der Waals surface area contributed by atoms with E-state index < -0.39 is 5.91 Å². The van der Waals surface area contributed by atoms with Gasteiger partial charge in [-0.3, -0.25) is 9.78 Å². The van der Waals surface area contributed by atoms with Crippen LogP contribution in [0.1, 0.15) is 23.3 Å². The Morgan fingerprint density at radius 3 is 2.58 bits per heavy atom. The number of carbonyl (C=O) groups is 1. The number of nitrogens with zero attached hydrogens (tertiary/aromatic N) is 6. The summed E-state index contributed by atoms with van der Waals surface area (Å²) in [4.78, 5) is 33.1. The van der Waals surface area contributed by atoms with Crippen LogP contribution < -0.4 is 21.3 Å². The molecule has 3 aromatic heterocycles. The molecule has 11 heteroatoms. The molecule has 0 radical (unpaired) electrons. The number of aromatic nitrogens is 5. The monoisotopic (exact) mass is 485 g/mol. The van der Waals surface area contributed by atoms with Crippen molar-refractivity contribution in [2.75, 3.05) is 41.8 Å². The quantitative estimate of drug-likeness (QED) is 0.361. The molecule has 36 heavy (non-hydrogen) atoms. The van der Waals surface area contributed by atoms with Crippen LogP contribution in [0.3, 0.4) is 0 Å². The lowest BCUT2D eigenvalue weighted by atomic mass is 10.1. The fraction of sp³-hybridized carbons (Fsp3) is 0.320. The van der Waals surface area contributed by atoms with Crippen molar-refractivity contribution in [1.82, 2.24) is 24.5 Å². The zero-order chi connectivity index (χ0) is 24.6. The van der Waals surface area contributed by atoms with E-state index in [-0.39, 0.29) is 5.69 Å². The van der Waals surface area contributed by atoms with Gasteiger partial charge in [0.15, 0.2) is 17.3 Å². The normalized spacial score (nSPS) is 15.8. The van der Waals surface area contributed by atoms with Crippen molar-refractivity contribution in [3.8, 4) is 11.3 Å². The zero-order valence-corrected chi connectivity index (χ0v) is 19.9. The van der Waals surface area contributed by atoms with Crippen LogP contribution in [0, 0.1) is 0 Å².